The monoisotopic (exact) mass is 310 g/mol. The number of carbonyl (C=O) groups is 2. The van der Waals surface area contributed by atoms with Gasteiger partial charge in [0.2, 0.25) is 11.8 Å². The number of amides is 2. The van der Waals surface area contributed by atoms with Gasteiger partial charge in [0.1, 0.15) is 11.9 Å². The summed E-state index contributed by atoms with van der Waals surface area (Å²) < 4.78 is 0. The minimum atomic E-state index is -0.430. The number of nitrogens with one attached hydrogen (secondary N) is 1. The number of carbonyl (C=O) groups excluding carboxylic acids is 2. The Hall–Kier alpha value is -2.76. The molecule has 118 valence electrons. The van der Waals surface area contributed by atoms with Crippen LogP contribution in [0.4, 0.5) is 5.82 Å². The van der Waals surface area contributed by atoms with E-state index in [1.165, 1.54) is 4.90 Å². The highest BCUT2D eigenvalue weighted by Gasteiger charge is 2.30. The summed E-state index contributed by atoms with van der Waals surface area (Å²) in [4.78, 5) is 34.2. The first kappa shape index (κ1) is 15.1. The van der Waals surface area contributed by atoms with Crippen LogP contribution in [0.1, 0.15) is 19.3 Å². The number of likely N-dealkylation sites (N-methyl/N-ethyl adjacent to an activating group) is 1. The molecule has 3 rings (SSSR count). The van der Waals surface area contributed by atoms with Crippen molar-refractivity contribution in [1.29, 1.82) is 0 Å². The van der Waals surface area contributed by atoms with Crippen LogP contribution in [0.3, 0.4) is 0 Å². The quantitative estimate of drug-likeness (QED) is 0.942. The van der Waals surface area contributed by atoms with Crippen LogP contribution in [0.25, 0.3) is 11.3 Å². The molecule has 1 aliphatic heterocycles. The first-order chi connectivity index (χ1) is 11.1. The predicted octanol–water partition coefficient (Wildman–Crippen LogP) is 2.09. The maximum atomic E-state index is 12.4. The lowest BCUT2D eigenvalue weighted by molar-refractivity contribution is -0.140. The Morgan fingerprint density at radius 3 is 2.96 bits per heavy atom. The predicted molar refractivity (Wildman–Crippen MR) is 86.5 cm³/mol. The number of likely N-dealkylation sites (tertiary alicyclic amines) is 1. The van der Waals surface area contributed by atoms with Crippen molar-refractivity contribution in [2.75, 3.05) is 12.4 Å². The summed E-state index contributed by atoms with van der Waals surface area (Å²) >= 11 is 0. The molecule has 1 aliphatic rings. The maximum Gasteiger partial charge on any atom is 0.248 e. The average molecular weight is 310 g/mol. The van der Waals surface area contributed by atoms with E-state index in [0.717, 1.165) is 17.7 Å². The summed E-state index contributed by atoms with van der Waals surface area (Å²) in [6.45, 7) is 0. The minimum Gasteiger partial charge on any atom is -0.334 e. The van der Waals surface area contributed by atoms with Crippen molar-refractivity contribution in [2.45, 2.75) is 25.3 Å². The Kier molecular flexibility index (Phi) is 4.32. The molecule has 0 spiro atoms. The highest BCUT2D eigenvalue weighted by Crippen LogP contribution is 2.20. The molecular formula is C17H18N4O2. The molecule has 1 fully saturated rings. The first-order valence-electron chi connectivity index (χ1n) is 7.59. The van der Waals surface area contributed by atoms with Crippen LogP contribution in [-0.2, 0) is 9.59 Å². The van der Waals surface area contributed by atoms with Crippen molar-refractivity contribution in [3.63, 3.8) is 0 Å². The summed E-state index contributed by atoms with van der Waals surface area (Å²) in [5, 5.41) is 2.81. The second kappa shape index (κ2) is 6.56. The van der Waals surface area contributed by atoms with Crippen LogP contribution in [0.5, 0.6) is 0 Å². The molecule has 2 aromatic heterocycles. The molecule has 0 radical (unpaired) electrons. The molecule has 2 amide bonds. The van der Waals surface area contributed by atoms with Crippen LogP contribution in [-0.4, -0.2) is 39.8 Å². The van der Waals surface area contributed by atoms with Gasteiger partial charge in [-0.2, -0.15) is 0 Å². The van der Waals surface area contributed by atoms with Crippen LogP contribution < -0.4 is 5.32 Å². The van der Waals surface area contributed by atoms with E-state index in [1.54, 1.807) is 25.5 Å². The number of hydrogen-bond acceptors (Lipinski definition) is 4. The molecule has 1 atom stereocenters. The highest BCUT2D eigenvalue weighted by atomic mass is 16.2. The van der Waals surface area contributed by atoms with E-state index in [1.807, 2.05) is 24.3 Å². The lowest BCUT2D eigenvalue weighted by Crippen LogP contribution is -2.47. The van der Waals surface area contributed by atoms with Gasteiger partial charge in [0.05, 0.1) is 5.69 Å². The second-order valence-electron chi connectivity index (χ2n) is 5.55. The zero-order valence-corrected chi connectivity index (χ0v) is 12.9. The highest BCUT2D eigenvalue weighted by molar-refractivity contribution is 5.97. The van der Waals surface area contributed by atoms with Crippen molar-refractivity contribution in [3.8, 4) is 11.3 Å². The van der Waals surface area contributed by atoms with Crippen LogP contribution in [0.2, 0.25) is 0 Å². The van der Waals surface area contributed by atoms with E-state index in [9.17, 15) is 9.59 Å². The van der Waals surface area contributed by atoms with Crippen molar-refractivity contribution < 1.29 is 9.59 Å². The van der Waals surface area contributed by atoms with Crippen LogP contribution in [0, 0.1) is 0 Å². The average Bonchev–Trinajstić information content (AvgIpc) is 2.58. The topological polar surface area (TPSA) is 75.2 Å². The molecular weight excluding hydrogens is 292 g/mol. The van der Waals surface area contributed by atoms with E-state index in [-0.39, 0.29) is 11.8 Å². The van der Waals surface area contributed by atoms with E-state index >= 15 is 0 Å². The molecule has 6 nitrogen and oxygen atoms in total. The van der Waals surface area contributed by atoms with Crippen LogP contribution in [0.15, 0.2) is 42.7 Å². The maximum absolute atomic E-state index is 12.4. The standard InChI is InChI=1S/C17H18N4O2/c1-21-14(7-3-9-16(21)22)17(23)20-15-8-2-6-13(19-15)12-5-4-10-18-11-12/h2,4-6,8,10-11,14H,3,7,9H2,1H3,(H,19,20,23). The summed E-state index contributed by atoms with van der Waals surface area (Å²) in [7, 11) is 1.67. The summed E-state index contributed by atoms with van der Waals surface area (Å²) in [5.41, 5.74) is 1.62. The summed E-state index contributed by atoms with van der Waals surface area (Å²) in [6.07, 6.45) is 5.35. The minimum absolute atomic E-state index is 0.00784. The van der Waals surface area contributed by atoms with Gasteiger partial charge in [-0.25, -0.2) is 4.98 Å². The zero-order valence-electron chi connectivity index (χ0n) is 12.9. The summed E-state index contributed by atoms with van der Waals surface area (Å²) in [6, 6.07) is 8.76. The molecule has 6 heteroatoms. The van der Waals surface area contributed by atoms with E-state index in [0.29, 0.717) is 18.7 Å². The van der Waals surface area contributed by atoms with Gasteiger partial charge in [0.15, 0.2) is 0 Å². The second-order valence-corrected chi connectivity index (χ2v) is 5.55. The number of rotatable bonds is 3. The van der Waals surface area contributed by atoms with E-state index in [4.69, 9.17) is 0 Å². The first-order valence-corrected chi connectivity index (χ1v) is 7.59. The van der Waals surface area contributed by atoms with Gasteiger partial charge in [0.25, 0.3) is 0 Å². The van der Waals surface area contributed by atoms with Crippen molar-refractivity contribution in [2.24, 2.45) is 0 Å². The number of aromatic nitrogens is 2. The third-order valence-electron chi connectivity index (χ3n) is 3.99. The molecule has 2 aromatic rings. The van der Waals surface area contributed by atoms with Gasteiger partial charge in [-0.1, -0.05) is 6.07 Å². The molecule has 0 aromatic carbocycles. The number of hydrogen-bond donors (Lipinski definition) is 1. The van der Waals surface area contributed by atoms with Gasteiger partial charge in [-0.3, -0.25) is 14.6 Å². The molecule has 0 aliphatic carbocycles. The Bertz CT molecular complexity index is 718. The SMILES string of the molecule is CN1C(=O)CCCC1C(=O)Nc1cccc(-c2cccnc2)n1. The molecule has 1 unspecified atom stereocenters. The molecule has 0 bridgehead atoms. The van der Waals surface area contributed by atoms with Crippen molar-refractivity contribution in [1.82, 2.24) is 14.9 Å². The van der Waals surface area contributed by atoms with Gasteiger partial charge in [-0.05, 0) is 37.1 Å². The number of pyridine rings is 2. The van der Waals surface area contributed by atoms with Crippen molar-refractivity contribution in [3.05, 3.63) is 42.7 Å². The number of piperidine rings is 1. The van der Waals surface area contributed by atoms with Gasteiger partial charge in [-0.15, -0.1) is 0 Å². The van der Waals surface area contributed by atoms with Crippen molar-refractivity contribution >= 4 is 17.6 Å². The normalized spacial score (nSPS) is 17.9. The lowest BCUT2D eigenvalue weighted by atomic mass is 10.0. The Labute approximate surface area is 134 Å². The lowest BCUT2D eigenvalue weighted by Gasteiger charge is -2.31. The molecule has 1 saturated heterocycles. The van der Waals surface area contributed by atoms with Gasteiger partial charge >= 0.3 is 0 Å². The third-order valence-corrected chi connectivity index (χ3v) is 3.99. The fraction of sp³-hybridized carbons (Fsp3) is 0.294. The fourth-order valence-electron chi connectivity index (χ4n) is 2.69. The largest absolute Gasteiger partial charge is 0.334 e. The zero-order chi connectivity index (χ0) is 16.2. The molecule has 3 heterocycles. The van der Waals surface area contributed by atoms with Crippen LogP contribution >= 0.6 is 0 Å². The Balaban J connectivity index is 1.75. The third kappa shape index (κ3) is 3.36. The molecule has 0 saturated carbocycles. The number of nitrogens with zero attached hydrogens (tertiary/aromatic N) is 3. The van der Waals surface area contributed by atoms with E-state index < -0.39 is 6.04 Å². The fourth-order valence-corrected chi connectivity index (χ4v) is 2.69. The molecule has 23 heavy (non-hydrogen) atoms. The Morgan fingerprint density at radius 1 is 1.30 bits per heavy atom. The molecule has 1 N–H and O–H groups in total. The smallest absolute Gasteiger partial charge is 0.248 e. The Morgan fingerprint density at radius 2 is 2.17 bits per heavy atom. The van der Waals surface area contributed by atoms with Gasteiger partial charge in [0, 0.05) is 31.4 Å². The van der Waals surface area contributed by atoms with E-state index in [2.05, 4.69) is 15.3 Å². The summed E-state index contributed by atoms with van der Waals surface area (Å²) in [5.74, 6) is 0.285. The van der Waals surface area contributed by atoms with Gasteiger partial charge < -0.3 is 10.2 Å². The number of anilines is 1.